The van der Waals surface area contributed by atoms with Crippen LogP contribution in [0.4, 0.5) is 4.39 Å². The van der Waals surface area contributed by atoms with Gasteiger partial charge in [0.05, 0.1) is 0 Å². The first kappa shape index (κ1) is 17.4. The molecule has 0 aliphatic heterocycles. The number of unbranched alkanes of at least 4 members (excludes halogenated alkanes) is 2. The van der Waals surface area contributed by atoms with E-state index in [1.807, 2.05) is 18.2 Å². The summed E-state index contributed by atoms with van der Waals surface area (Å²) in [4.78, 5) is 10.9. The number of allylic oxidation sites excluding steroid dienone is 1. The molecular weight excluding hydrogens is 263 g/mol. The Balaban J connectivity index is 2.19. The fourth-order valence-electron chi connectivity index (χ4n) is 2.47. The zero-order valence-electron chi connectivity index (χ0n) is 12.9. The molecule has 1 aromatic rings. The van der Waals surface area contributed by atoms with Gasteiger partial charge in [0.1, 0.15) is 12.1 Å². The van der Waals surface area contributed by atoms with Crippen LogP contribution < -0.4 is 0 Å². The largest absolute Gasteiger partial charge is 0.303 e. The van der Waals surface area contributed by atoms with Crippen LogP contribution in [-0.4, -0.2) is 6.29 Å². The van der Waals surface area contributed by atoms with Crippen LogP contribution >= 0.6 is 0 Å². The van der Waals surface area contributed by atoms with Crippen LogP contribution in [0.5, 0.6) is 0 Å². The van der Waals surface area contributed by atoms with E-state index < -0.39 is 0 Å². The molecule has 0 aliphatic rings. The summed E-state index contributed by atoms with van der Waals surface area (Å²) in [5.74, 6) is 0.379. The summed E-state index contributed by atoms with van der Waals surface area (Å²) in [5.41, 5.74) is 3.90. The maximum absolute atomic E-state index is 12.9. The molecule has 0 N–H and O–H groups in total. The number of hydrogen-bond donors (Lipinski definition) is 0. The average molecular weight is 288 g/mol. The van der Waals surface area contributed by atoms with Gasteiger partial charge < -0.3 is 4.79 Å². The molecule has 0 heterocycles. The van der Waals surface area contributed by atoms with Gasteiger partial charge >= 0.3 is 0 Å². The Kier molecular flexibility index (Phi) is 8.38. The van der Waals surface area contributed by atoms with Crippen LogP contribution in [0.2, 0.25) is 0 Å². The second-order valence-electron chi connectivity index (χ2n) is 5.63. The molecule has 2 unspecified atom stereocenters. The fraction of sp³-hybridized carbons (Fsp3) is 0.474. The van der Waals surface area contributed by atoms with Crippen LogP contribution in [0, 0.1) is 11.7 Å². The summed E-state index contributed by atoms with van der Waals surface area (Å²) in [5, 5.41) is 0. The van der Waals surface area contributed by atoms with E-state index in [0.29, 0.717) is 5.92 Å². The summed E-state index contributed by atoms with van der Waals surface area (Å²) >= 11 is 0. The van der Waals surface area contributed by atoms with Crippen LogP contribution in [0.3, 0.4) is 0 Å². The third-order valence-electron chi connectivity index (χ3n) is 3.91. The van der Waals surface area contributed by atoms with Gasteiger partial charge in [-0.1, -0.05) is 44.9 Å². The Morgan fingerprint density at radius 1 is 1.19 bits per heavy atom. The van der Waals surface area contributed by atoms with Crippen LogP contribution in [0.25, 0.3) is 0 Å². The molecule has 1 rings (SSSR count). The van der Waals surface area contributed by atoms with Crippen molar-refractivity contribution in [3.05, 3.63) is 54.0 Å². The zero-order valence-corrected chi connectivity index (χ0v) is 12.9. The molecule has 1 aromatic carbocycles. The van der Waals surface area contributed by atoms with E-state index in [1.165, 1.54) is 17.7 Å². The van der Waals surface area contributed by atoms with E-state index in [-0.39, 0.29) is 11.7 Å². The predicted octanol–water partition coefficient (Wildman–Crippen LogP) is 5.43. The van der Waals surface area contributed by atoms with Gasteiger partial charge in [0, 0.05) is 5.92 Å². The van der Waals surface area contributed by atoms with Crippen molar-refractivity contribution >= 4 is 6.29 Å². The molecule has 0 radical (unpaired) electrons. The van der Waals surface area contributed by atoms with Crippen molar-refractivity contribution in [2.24, 2.45) is 5.92 Å². The van der Waals surface area contributed by atoms with Gasteiger partial charge in [-0.3, -0.25) is 0 Å². The van der Waals surface area contributed by atoms with Crippen LogP contribution in [0.1, 0.15) is 56.9 Å². The molecule has 0 aliphatic carbocycles. The van der Waals surface area contributed by atoms with Gasteiger partial charge in [0.15, 0.2) is 0 Å². The summed E-state index contributed by atoms with van der Waals surface area (Å²) in [6.07, 6.45) is 9.00. The number of carbonyl (C=O) groups excluding carboxylic acids is 1. The van der Waals surface area contributed by atoms with E-state index in [1.54, 1.807) is 0 Å². The molecule has 114 valence electrons. The lowest BCUT2D eigenvalue weighted by molar-refractivity contribution is -0.111. The van der Waals surface area contributed by atoms with E-state index in [4.69, 9.17) is 0 Å². The molecule has 0 bridgehead atoms. The molecule has 0 aromatic heterocycles. The summed E-state index contributed by atoms with van der Waals surface area (Å²) in [6.45, 7) is 5.69. The zero-order chi connectivity index (χ0) is 15.5. The number of carbonyl (C=O) groups is 1. The first-order valence-corrected chi connectivity index (χ1v) is 7.72. The Morgan fingerprint density at radius 3 is 2.48 bits per heavy atom. The van der Waals surface area contributed by atoms with Crippen molar-refractivity contribution in [3.8, 4) is 0 Å². The molecule has 2 atom stereocenters. The van der Waals surface area contributed by atoms with Gasteiger partial charge in [-0.05, 0) is 49.0 Å². The van der Waals surface area contributed by atoms with Crippen molar-refractivity contribution in [2.45, 2.75) is 51.4 Å². The Labute approximate surface area is 127 Å². The predicted molar refractivity (Wildman–Crippen MR) is 85.8 cm³/mol. The minimum Gasteiger partial charge on any atom is -0.303 e. The van der Waals surface area contributed by atoms with Crippen molar-refractivity contribution in [1.82, 2.24) is 0 Å². The van der Waals surface area contributed by atoms with Gasteiger partial charge in [-0.2, -0.15) is 0 Å². The minimum absolute atomic E-state index is 0.105. The summed E-state index contributed by atoms with van der Waals surface area (Å²) < 4.78 is 12.9. The number of halogens is 1. The molecule has 0 fully saturated rings. The number of hydrogen-bond acceptors (Lipinski definition) is 1. The second kappa shape index (κ2) is 10.1. The lowest BCUT2D eigenvalue weighted by Crippen LogP contribution is -2.00. The van der Waals surface area contributed by atoms with Gasteiger partial charge in [0.2, 0.25) is 0 Å². The van der Waals surface area contributed by atoms with Crippen LogP contribution in [-0.2, 0) is 4.79 Å². The van der Waals surface area contributed by atoms with Gasteiger partial charge in [0.25, 0.3) is 0 Å². The highest BCUT2D eigenvalue weighted by molar-refractivity contribution is 5.53. The third kappa shape index (κ3) is 7.06. The van der Waals surface area contributed by atoms with Crippen LogP contribution in [0.15, 0.2) is 42.7 Å². The maximum atomic E-state index is 12.9. The highest BCUT2D eigenvalue weighted by atomic mass is 19.1. The first-order chi connectivity index (χ1) is 10.2. The van der Waals surface area contributed by atoms with Crippen molar-refractivity contribution in [3.63, 3.8) is 0 Å². The smallest absolute Gasteiger partial charge is 0.123 e. The van der Waals surface area contributed by atoms with Crippen molar-refractivity contribution < 1.29 is 9.18 Å². The number of benzene rings is 1. The third-order valence-corrected chi connectivity index (χ3v) is 3.91. The van der Waals surface area contributed by atoms with E-state index in [9.17, 15) is 9.18 Å². The molecule has 0 saturated heterocycles. The lowest BCUT2D eigenvalue weighted by Gasteiger charge is -2.12. The topological polar surface area (TPSA) is 17.1 Å². The Hall–Kier alpha value is -1.66. The molecule has 1 nitrogen and oxygen atoms in total. The first-order valence-electron chi connectivity index (χ1n) is 7.72. The maximum Gasteiger partial charge on any atom is 0.123 e. The Bertz CT molecular complexity index is 457. The SMILES string of the molecule is C=C=CCC(C=O)CCCCCC(C)c1ccc(F)cc1. The normalized spacial score (nSPS) is 13.2. The van der Waals surface area contributed by atoms with Crippen molar-refractivity contribution in [1.29, 1.82) is 0 Å². The highest BCUT2D eigenvalue weighted by Gasteiger charge is 2.07. The lowest BCUT2D eigenvalue weighted by atomic mass is 9.93. The summed E-state index contributed by atoms with van der Waals surface area (Å²) in [6, 6.07) is 6.77. The summed E-state index contributed by atoms with van der Waals surface area (Å²) in [7, 11) is 0. The second-order valence-corrected chi connectivity index (χ2v) is 5.63. The fourth-order valence-corrected chi connectivity index (χ4v) is 2.47. The highest BCUT2D eigenvalue weighted by Crippen LogP contribution is 2.23. The van der Waals surface area contributed by atoms with E-state index >= 15 is 0 Å². The molecule has 21 heavy (non-hydrogen) atoms. The molecule has 2 heteroatoms. The Morgan fingerprint density at radius 2 is 1.86 bits per heavy atom. The molecule has 0 saturated carbocycles. The number of rotatable bonds is 10. The number of aldehydes is 1. The van der Waals surface area contributed by atoms with Gasteiger partial charge in [-0.25, -0.2) is 4.39 Å². The molecular formula is C19H25FO. The minimum atomic E-state index is -0.181. The monoisotopic (exact) mass is 288 g/mol. The average Bonchev–Trinajstić information content (AvgIpc) is 2.50. The van der Waals surface area contributed by atoms with Crippen molar-refractivity contribution in [2.75, 3.05) is 0 Å². The standard InChI is InChI=1S/C19H25FO/c1-3-4-9-17(15-21)10-7-5-6-8-16(2)18-11-13-19(20)14-12-18/h4,11-17H,1,5-10H2,2H3. The molecule has 0 spiro atoms. The van der Waals surface area contributed by atoms with E-state index in [0.717, 1.165) is 44.8 Å². The van der Waals surface area contributed by atoms with Gasteiger partial charge in [-0.15, -0.1) is 5.73 Å². The quantitative estimate of drug-likeness (QED) is 0.319. The molecule has 0 amide bonds. The van der Waals surface area contributed by atoms with E-state index in [2.05, 4.69) is 19.2 Å².